The molecule has 2 aliphatic rings. The van der Waals surface area contributed by atoms with E-state index in [0.29, 0.717) is 19.3 Å². The molecule has 1 fully saturated rings. The van der Waals surface area contributed by atoms with E-state index in [4.69, 9.17) is 4.74 Å². The zero-order valence-corrected chi connectivity index (χ0v) is 13.7. The van der Waals surface area contributed by atoms with Crippen molar-refractivity contribution in [1.82, 2.24) is 0 Å². The number of ether oxygens (including phenoxy) is 2. The van der Waals surface area contributed by atoms with E-state index in [-0.39, 0.29) is 23.9 Å². The van der Waals surface area contributed by atoms with Gasteiger partial charge in [0.15, 0.2) is 0 Å². The minimum absolute atomic E-state index is 0.0574. The zero-order chi connectivity index (χ0) is 17.1. The quantitative estimate of drug-likeness (QED) is 0.492. The fourth-order valence-corrected chi connectivity index (χ4v) is 3.86. The minimum atomic E-state index is -0.493. The van der Waals surface area contributed by atoms with Crippen LogP contribution in [0.2, 0.25) is 0 Å². The van der Waals surface area contributed by atoms with Crippen LogP contribution in [-0.4, -0.2) is 36.7 Å². The maximum absolute atomic E-state index is 11.3. The standard InChI is InChI=1S/C19H22O5/c1-23-17(22)9-3-6-12-5-2-7-14-18-13(8-4-10-20)15(21)11-16(18)24-19(12)14/h2,4-5,7-8,10,13,15-16,18,21H,3,6,9,11H2,1H3/b8-4+/t13-,15+,16-,18-/m0/s1. The van der Waals surface area contributed by atoms with Crippen LogP contribution in [-0.2, 0) is 20.7 Å². The summed E-state index contributed by atoms with van der Waals surface area (Å²) in [5.41, 5.74) is 2.17. The Balaban J connectivity index is 1.79. The third-order valence-corrected chi connectivity index (χ3v) is 4.96. The Morgan fingerprint density at radius 2 is 2.29 bits per heavy atom. The molecule has 3 rings (SSSR count). The number of allylic oxidation sites excluding steroid dienone is 1. The molecule has 24 heavy (non-hydrogen) atoms. The highest BCUT2D eigenvalue weighted by Gasteiger charge is 2.48. The number of para-hydroxylation sites is 1. The van der Waals surface area contributed by atoms with E-state index in [2.05, 4.69) is 4.74 Å². The van der Waals surface area contributed by atoms with Crippen molar-refractivity contribution in [3.05, 3.63) is 41.5 Å². The Hall–Kier alpha value is -2.14. The first-order chi connectivity index (χ1) is 11.7. The SMILES string of the molecule is COC(=O)CCCc1cccc2c1O[C@H]1C[C@@H](O)[C@H](/C=C/C=O)[C@@H]21. The average Bonchev–Trinajstić information content (AvgIpc) is 3.08. The molecule has 0 saturated heterocycles. The van der Waals surface area contributed by atoms with Crippen molar-refractivity contribution in [2.75, 3.05) is 7.11 Å². The molecule has 1 aliphatic carbocycles. The lowest BCUT2D eigenvalue weighted by atomic mass is 9.86. The number of carbonyl (C=O) groups is 2. The summed E-state index contributed by atoms with van der Waals surface area (Å²) in [4.78, 5) is 21.9. The van der Waals surface area contributed by atoms with Crippen molar-refractivity contribution in [1.29, 1.82) is 0 Å². The fraction of sp³-hybridized carbons (Fsp3) is 0.474. The molecule has 1 saturated carbocycles. The second-order valence-corrected chi connectivity index (χ2v) is 6.35. The van der Waals surface area contributed by atoms with E-state index in [1.807, 2.05) is 18.2 Å². The van der Waals surface area contributed by atoms with Crippen LogP contribution in [0.15, 0.2) is 30.4 Å². The number of hydrogen-bond acceptors (Lipinski definition) is 5. The van der Waals surface area contributed by atoms with Gasteiger partial charge >= 0.3 is 5.97 Å². The van der Waals surface area contributed by atoms with Gasteiger partial charge in [0.05, 0.1) is 13.2 Å². The van der Waals surface area contributed by atoms with E-state index >= 15 is 0 Å². The van der Waals surface area contributed by atoms with Crippen LogP contribution < -0.4 is 4.74 Å². The molecule has 0 radical (unpaired) electrons. The van der Waals surface area contributed by atoms with Crippen LogP contribution in [0.5, 0.6) is 5.75 Å². The van der Waals surface area contributed by atoms with Crippen LogP contribution >= 0.6 is 0 Å². The first-order valence-corrected chi connectivity index (χ1v) is 8.31. The summed E-state index contributed by atoms with van der Waals surface area (Å²) in [6.07, 6.45) is 5.82. The molecule has 0 bridgehead atoms. The minimum Gasteiger partial charge on any atom is -0.489 e. The fourth-order valence-electron chi connectivity index (χ4n) is 3.86. The van der Waals surface area contributed by atoms with Gasteiger partial charge in [-0.05, 0) is 24.5 Å². The first kappa shape index (κ1) is 16.7. The Labute approximate surface area is 141 Å². The van der Waals surface area contributed by atoms with Crippen molar-refractivity contribution in [2.45, 2.75) is 43.8 Å². The van der Waals surface area contributed by atoms with Gasteiger partial charge in [-0.2, -0.15) is 0 Å². The predicted octanol–water partition coefficient (Wildman–Crippen LogP) is 2.16. The smallest absolute Gasteiger partial charge is 0.305 e. The van der Waals surface area contributed by atoms with Gasteiger partial charge in [-0.25, -0.2) is 0 Å². The van der Waals surface area contributed by atoms with Crippen molar-refractivity contribution < 1.29 is 24.2 Å². The number of aryl methyl sites for hydroxylation is 1. The number of fused-ring (bicyclic) bond motifs is 3. The number of aliphatic hydroxyl groups is 1. The molecule has 0 spiro atoms. The van der Waals surface area contributed by atoms with Crippen LogP contribution in [0.3, 0.4) is 0 Å². The molecule has 0 aromatic heterocycles. The summed E-state index contributed by atoms with van der Waals surface area (Å²) in [6.45, 7) is 0. The second kappa shape index (κ2) is 7.18. The number of benzene rings is 1. The van der Waals surface area contributed by atoms with Gasteiger partial charge in [-0.3, -0.25) is 9.59 Å². The molecule has 5 heteroatoms. The van der Waals surface area contributed by atoms with Crippen molar-refractivity contribution in [3.63, 3.8) is 0 Å². The predicted molar refractivity (Wildman–Crippen MR) is 87.9 cm³/mol. The molecule has 128 valence electrons. The normalized spacial score (nSPS) is 27.6. The van der Waals surface area contributed by atoms with Crippen LogP contribution in [0.4, 0.5) is 0 Å². The first-order valence-electron chi connectivity index (χ1n) is 8.31. The highest BCUT2D eigenvalue weighted by molar-refractivity contribution is 5.69. The number of aliphatic hydroxyl groups excluding tert-OH is 1. The Morgan fingerprint density at radius 1 is 1.46 bits per heavy atom. The second-order valence-electron chi connectivity index (χ2n) is 6.35. The third kappa shape index (κ3) is 3.08. The topological polar surface area (TPSA) is 72.8 Å². The van der Waals surface area contributed by atoms with Gasteiger partial charge in [0, 0.05) is 30.2 Å². The Bertz CT molecular complexity index is 651. The van der Waals surface area contributed by atoms with Gasteiger partial charge in [0.1, 0.15) is 18.1 Å². The van der Waals surface area contributed by atoms with Crippen molar-refractivity contribution in [2.24, 2.45) is 5.92 Å². The molecule has 5 nitrogen and oxygen atoms in total. The van der Waals surface area contributed by atoms with E-state index in [1.54, 1.807) is 6.08 Å². The van der Waals surface area contributed by atoms with E-state index in [9.17, 15) is 14.7 Å². The number of methoxy groups -OCH3 is 1. The molecule has 0 unspecified atom stereocenters. The van der Waals surface area contributed by atoms with Crippen LogP contribution in [0.1, 0.15) is 36.3 Å². The van der Waals surface area contributed by atoms with Crippen molar-refractivity contribution >= 4 is 12.3 Å². The van der Waals surface area contributed by atoms with Gasteiger partial charge in [0.25, 0.3) is 0 Å². The van der Waals surface area contributed by atoms with Crippen molar-refractivity contribution in [3.8, 4) is 5.75 Å². The van der Waals surface area contributed by atoms with E-state index in [0.717, 1.165) is 29.6 Å². The third-order valence-electron chi connectivity index (χ3n) is 4.96. The summed E-state index contributed by atoms with van der Waals surface area (Å²) in [7, 11) is 1.39. The highest BCUT2D eigenvalue weighted by Crippen LogP contribution is 2.51. The van der Waals surface area contributed by atoms with Gasteiger partial charge in [-0.15, -0.1) is 0 Å². The lowest BCUT2D eigenvalue weighted by Crippen LogP contribution is -2.16. The van der Waals surface area contributed by atoms with Gasteiger partial charge in [-0.1, -0.05) is 24.3 Å². The molecular weight excluding hydrogens is 308 g/mol. The molecule has 0 amide bonds. The van der Waals surface area contributed by atoms with Crippen LogP contribution in [0, 0.1) is 5.92 Å². The monoisotopic (exact) mass is 330 g/mol. The summed E-state index contributed by atoms with van der Waals surface area (Å²) in [5, 5.41) is 10.2. The molecule has 1 aliphatic heterocycles. The summed E-state index contributed by atoms with van der Waals surface area (Å²) in [5.74, 6) is 0.648. The van der Waals surface area contributed by atoms with E-state index < -0.39 is 6.10 Å². The summed E-state index contributed by atoms with van der Waals surface area (Å²) in [6, 6.07) is 6.04. The summed E-state index contributed by atoms with van der Waals surface area (Å²) < 4.78 is 10.8. The number of carbonyl (C=O) groups excluding carboxylic acids is 2. The average molecular weight is 330 g/mol. The van der Waals surface area contributed by atoms with Crippen LogP contribution in [0.25, 0.3) is 0 Å². The number of aldehydes is 1. The highest BCUT2D eigenvalue weighted by atomic mass is 16.5. The zero-order valence-electron chi connectivity index (χ0n) is 13.7. The number of esters is 1. The maximum Gasteiger partial charge on any atom is 0.305 e. The lowest BCUT2D eigenvalue weighted by Gasteiger charge is -2.17. The molecular formula is C19H22O5. The molecule has 4 atom stereocenters. The Morgan fingerprint density at radius 3 is 3.04 bits per heavy atom. The molecule has 1 N–H and O–H groups in total. The lowest BCUT2D eigenvalue weighted by molar-refractivity contribution is -0.140. The number of rotatable bonds is 6. The largest absolute Gasteiger partial charge is 0.489 e. The summed E-state index contributed by atoms with van der Waals surface area (Å²) >= 11 is 0. The van der Waals surface area contributed by atoms with Gasteiger partial charge in [0.2, 0.25) is 0 Å². The Kier molecular flexibility index (Phi) is 5.00. The van der Waals surface area contributed by atoms with E-state index in [1.165, 1.54) is 13.2 Å². The van der Waals surface area contributed by atoms with Gasteiger partial charge < -0.3 is 14.6 Å². The number of hydrogen-bond donors (Lipinski definition) is 1. The molecule has 1 aromatic carbocycles. The maximum atomic E-state index is 11.3. The molecule has 1 heterocycles. The molecule has 1 aromatic rings.